The summed E-state index contributed by atoms with van der Waals surface area (Å²) in [6.45, 7) is -0.677. The Kier molecular flexibility index (Phi) is 4.71. The van der Waals surface area contributed by atoms with Crippen LogP contribution in [0.25, 0.3) is 0 Å². The smallest absolute Gasteiger partial charge is 0.440 e. The Labute approximate surface area is 129 Å². The molecule has 0 fully saturated rings. The highest BCUT2D eigenvalue weighted by atomic mass is 16.6. The zero-order valence-corrected chi connectivity index (χ0v) is 12.0. The zero-order chi connectivity index (χ0) is 17.0. The van der Waals surface area contributed by atoms with Crippen LogP contribution < -0.4 is 10.1 Å². The molecule has 0 saturated carbocycles. The highest BCUT2D eigenvalue weighted by Crippen LogP contribution is 2.34. The van der Waals surface area contributed by atoms with E-state index in [1.807, 2.05) is 0 Å². The summed E-state index contributed by atoms with van der Waals surface area (Å²) >= 11 is 0. The van der Waals surface area contributed by atoms with Gasteiger partial charge in [0.05, 0.1) is 25.9 Å². The lowest BCUT2D eigenvalue weighted by Crippen LogP contribution is -2.10. The van der Waals surface area contributed by atoms with E-state index >= 15 is 0 Å². The molecule has 0 amide bonds. The molecule has 11 nitrogen and oxygen atoms in total. The van der Waals surface area contributed by atoms with Crippen LogP contribution >= 0.6 is 0 Å². The Bertz CT molecular complexity index is 744. The Hall–Kier alpha value is -3.21. The van der Waals surface area contributed by atoms with Gasteiger partial charge in [0.2, 0.25) is 0 Å². The summed E-state index contributed by atoms with van der Waals surface area (Å²) in [7, 11) is 1.42. The maximum absolute atomic E-state index is 11.1. The third-order valence-electron chi connectivity index (χ3n) is 2.95. The molecule has 2 N–H and O–H groups in total. The topological polar surface area (TPSA) is 146 Å². The Morgan fingerprint density at radius 2 is 2.00 bits per heavy atom. The second-order valence-electron chi connectivity index (χ2n) is 4.30. The minimum absolute atomic E-state index is 0.208. The molecule has 0 unspecified atom stereocenters. The molecule has 122 valence electrons. The van der Waals surface area contributed by atoms with Gasteiger partial charge in [-0.05, 0) is 27.0 Å². The van der Waals surface area contributed by atoms with Crippen molar-refractivity contribution in [2.24, 2.45) is 0 Å². The minimum Gasteiger partial charge on any atom is -0.495 e. The van der Waals surface area contributed by atoms with Crippen molar-refractivity contribution in [1.29, 1.82) is 0 Å². The normalized spacial score (nSPS) is 10.3. The first-order valence-corrected chi connectivity index (χ1v) is 6.39. The number of anilines is 2. The fraction of sp³-hybridized carbons (Fsp3) is 0.250. The van der Waals surface area contributed by atoms with E-state index in [4.69, 9.17) is 9.84 Å². The van der Waals surface area contributed by atoms with Crippen molar-refractivity contribution < 1.29 is 19.7 Å². The number of para-hydroxylation sites is 2. The minimum atomic E-state index is -0.851. The van der Waals surface area contributed by atoms with Gasteiger partial charge in [-0.2, -0.15) is 0 Å². The lowest BCUT2D eigenvalue weighted by molar-refractivity contribution is -0.403. The summed E-state index contributed by atoms with van der Waals surface area (Å²) in [5.41, 5.74) is 0.368. The number of nitrogens with one attached hydrogen (secondary N) is 1. The zero-order valence-electron chi connectivity index (χ0n) is 12.0. The van der Waals surface area contributed by atoms with E-state index in [1.54, 1.807) is 24.3 Å². The van der Waals surface area contributed by atoms with Crippen molar-refractivity contribution in [3.8, 4) is 5.75 Å². The second-order valence-corrected chi connectivity index (χ2v) is 4.30. The van der Waals surface area contributed by atoms with Crippen LogP contribution in [-0.2, 0) is 6.54 Å². The molecule has 0 bridgehead atoms. The van der Waals surface area contributed by atoms with E-state index in [1.165, 1.54) is 7.11 Å². The Balaban J connectivity index is 2.58. The van der Waals surface area contributed by atoms with Gasteiger partial charge >= 0.3 is 11.8 Å². The Morgan fingerprint density at radius 3 is 2.57 bits per heavy atom. The molecule has 0 radical (unpaired) electrons. The number of aliphatic hydroxyl groups is 1. The summed E-state index contributed by atoms with van der Waals surface area (Å²) in [6, 6.07) is 6.57. The van der Waals surface area contributed by atoms with Crippen molar-refractivity contribution in [3.63, 3.8) is 0 Å². The van der Waals surface area contributed by atoms with E-state index in [-0.39, 0.29) is 12.4 Å². The number of aromatic nitrogens is 2. The molecule has 1 aromatic heterocycles. The van der Waals surface area contributed by atoms with E-state index in [0.29, 0.717) is 11.4 Å². The van der Waals surface area contributed by atoms with Gasteiger partial charge in [0.1, 0.15) is 5.75 Å². The predicted molar refractivity (Wildman–Crippen MR) is 78.9 cm³/mol. The van der Waals surface area contributed by atoms with Crippen LogP contribution in [-0.4, -0.2) is 38.2 Å². The van der Waals surface area contributed by atoms with Gasteiger partial charge in [-0.15, -0.1) is 0 Å². The van der Waals surface area contributed by atoms with E-state index in [9.17, 15) is 20.2 Å². The molecule has 0 aliphatic carbocycles. The number of benzene rings is 1. The van der Waals surface area contributed by atoms with Gasteiger partial charge in [-0.1, -0.05) is 12.1 Å². The van der Waals surface area contributed by atoms with Crippen LogP contribution in [0.1, 0.15) is 0 Å². The molecule has 0 aliphatic heterocycles. The number of aliphatic hydroxyl groups excluding tert-OH is 1. The summed E-state index contributed by atoms with van der Waals surface area (Å²) in [6.07, 6.45) is 0. The number of hydrogen-bond donors (Lipinski definition) is 2. The van der Waals surface area contributed by atoms with Gasteiger partial charge in [-0.25, -0.2) is 4.57 Å². The van der Waals surface area contributed by atoms with Crippen LogP contribution in [0.15, 0.2) is 24.3 Å². The lowest BCUT2D eigenvalue weighted by atomic mass is 10.3. The molecular formula is C12H13N5O6. The Morgan fingerprint density at radius 1 is 1.30 bits per heavy atom. The maximum atomic E-state index is 11.1. The molecule has 0 atom stereocenters. The summed E-state index contributed by atoms with van der Waals surface area (Å²) in [4.78, 5) is 23.9. The van der Waals surface area contributed by atoms with Crippen LogP contribution in [0.4, 0.5) is 23.3 Å². The largest absolute Gasteiger partial charge is 0.495 e. The number of rotatable bonds is 7. The van der Waals surface area contributed by atoms with Gasteiger partial charge in [0, 0.05) is 0 Å². The number of hydrogen-bond acceptors (Lipinski definition) is 8. The number of ether oxygens (including phenoxy) is 1. The molecule has 23 heavy (non-hydrogen) atoms. The third-order valence-corrected chi connectivity index (χ3v) is 2.95. The van der Waals surface area contributed by atoms with Gasteiger partial charge in [0.15, 0.2) is 0 Å². The van der Waals surface area contributed by atoms with Gasteiger partial charge < -0.3 is 35.4 Å². The molecule has 1 aromatic carbocycles. The average Bonchev–Trinajstić information content (AvgIpc) is 2.87. The molecule has 2 aromatic rings. The SMILES string of the molecule is COc1ccccc1Nc1c([N+](=O)[O-])nc([N+](=O)[O-])n1CCO. The van der Waals surface area contributed by atoms with Crippen LogP contribution in [0.5, 0.6) is 5.75 Å². The van der Waals surface area contributed by atoms with Crippen molar-refractivity contribution >= 4 is 23.3 Å². The summed E-state index contributed by atoms with van der Waals surface area (Å²) < 4.78 is 6.06. The second kappa shape index (κ2) is 6.70. The maximum Gasteiger partial charge on any atom is 0.440 e. The van der Waals surface area contributed by atoms with Crippen molar-refractivity contribution in [2.75, 3.05) is 19.0 Å². The van der Waals surface area contributed by atoms with Crippen LogP contribution in [0, 0.1) is 20.2 Å². The van der Waals surface area contributed by atoms with E-state index in [0.717, 1.165) is 4.57 Å². The quantitative estimate of drug-likeness (QED) is 0.575. The molecule has 11 heteroatoms. The predicted octanol–water partition coefficient (Wildman–Crippen LogP) is 1.44. The molecule has 1 heterocycles. The number of imidazole rings is 1. The van der Waals surface area contributed by atoms with Gasteiger partial charge in [0.25, 0.3) is 5.82 Å². The first-order valence-electron chi connectivity index (χ1n) is 6.39. The molecular weight excluding hydrogens is 310 g/mol. The van der Waals surface area contributed by atoms with Crippen molar-refractivity contribution in [1.82, 2.24) is 9.55 Å². The standard InChI is InChI=1S/C12H13N5O6/c1-23-9-5-3-2-4-8(9)13-10-11(16(19)20)14-12(17(21)22)15(10)6-7-18/h2-5,13,18H,6-7H2,1H3. The third kappa shape index (κ3) is 3.18. The average molecular weight is 323 g/mol. The van der Waals surface area contributed by atoms with Crippen LogP contribution in [0.2, 0.25) is 0 Å². The lowest BCUT2D eigenvalue weighted by Gasteiger charge is -2.10. The molecule has 0 spiro atoms. The molecule has 2 rings (SSSR count). The highest BCUT2D eigenvalue weighted by molar-refractivity contribution is 5.70. The first-order chi connectivity index (χ1) is 11.0. The summed E-state index contributed by atoms with van der Waals surface area (Å²) in [5.74, 6) is -1.26. The van der Waals surface area contributed by atoms with Gasteiger partial charge in [-0.3, -0.25) is 0 Å². The number of nitro groups is 2. The van der Waals surface area contributed by atoms with Crippen molar-refractivity contribution in [2.45, 2.75) is 6.54 Å². The van der Waals surface area contributed by atoms with Crippen molar-refractivity contribution in [3.05, 3.63) is 44.5 Å². The number of nitrogens with zero attached hydrogens (tertiary/aromatic N) is 4. The molecule has 0 aliphatic rings. The van der Waals surface area contributed by atoms with Crippen LogP contribution in [0.3, 0.4) is 0 Å². The highest BCUT2D eigenvalue weighted by Gasteiger charge is 2.32. The van der Waals surface area contributed by atoms with E-state index < -0.39 is 28.2 Å². The number of methoxy groups -OCH3 is 1. The monoisotopic (exact) mass is 323 g/mol. The fourth-order valence-corrected chi connectivity index (χ4v) is 2.01. The first kappa shape index (κ1) is 16.2. The van der Waals surface area contributed by atoms with E-state index in [2.05, 4.69) is 10.3 Å². The summed E-state index contributed by atoms with van der Waals surface area (Å²) in [5, 5.41) is 33.9. The molecule has 0 saturated heterocycles. The fourth-order valence-electron chi connectivity index (χ4n) is 2.01.